The number of sulfonamides is 1. The Hall–Kier alpha value is -0.620. The molecule has 0 aromatic carbocycles. The van der Waals surface area contributed by atoms with Crippen molar-refractivity contribution in [2.75, 3.05) is 6.26 Å². The van der Waals surface area contributed by atoms with Crippen molar-refractivity contribution >= 4 is 15.9 Å². The number of carbonyl (C=O) groups is 1. The topological polar surface area (TPSA) is 89.3 Å². The molecule has 0 spiro atoms. The number of amides is 1. The first-order valence-electron chi connectivity index (χ1n) is 2.59. The fourth-order valence-electron chi connectivity index (χ4n) is 0.379. The Labute approximate surface area is 59.6 Å². The van der Waals surface area contributed by atoms with Crippen molar-refractivity contribution in [1.82, 2.24) is 4.72 Å². The molecule has 0 aromatic rings. The molecule has 10 heavy (non-hydrogen) atoms. The van der Waals surface area contributed by atoms with E-state index in [0.717, 1.165) is 6.26 Å². The second-order valence-corrected chi connectivity index (χ2v) is 3.79. The van der Waals surface area contributed by atoms with Gasteiger partial charge >= 0.3 is 0 Å². The summed E-state index contributed by atoms with van der Waals surface area (Å²) in [4.78, 5) is 10.3. The number of nitrogens with one attached hydrogen (secondary N) is 1. The quantitative estimate of drug-likeness (QED) is 0.529. The highest BCUT2D eigenvalue weighted by Crippen LogP contribution is 1.82. The molecule has 0 aliphatic carbocycles. The van der Waals surface area contributed by atoms with Gasteiger partial charge < -0.3 is 5.73 Å². The highest BCUT2D eigenvalue weighted by Gasteiger charge is 2.12. The first-order chi connectivity index (χ1) is 4.33. The average molecular weight is 166 g/mol. The van der Waals surface area contributed by atoms with Crippen molar-refractivity contribution in [2.45, 2.75) is 13.0 Å². The third kappa shape index (κ3) is 4.28. The molecule has 1 atom stereocenters. The zero-order valence-electron chi connectivity index (χ0n) is 5.79. The van der Waals surface area contributed by atoms with E-state index in [1.807, 2.05) is 4.72 Å². The predicted molar refractivity (Wildman–Crippen MR) is 36.6 cm³/mol. The molecule has 1 amide bonds. The Morgan fingerprint density at radius 1 is 1.60 bits per heavy atom. The first-order valence-corrected chi connectivity index (χ1v) is 4.48. The first kappa shape index (κ1) is 9.38. The van der Waals surface area contributed by atoms with Gasteiger partial charge in [-0.05, 0) is 6.92 Å². The molecule has 0 aliphatic rings. The van der Waals surface area contributed by atoms with E-state index in [9.17, 15) is 13.2 Å². The fraction of sp³-hybridized carbons (Fsp3) is 0.750. The van der Waals surface area contributed by atoms with Crippen LogP contribution in [-0.2, 0) is 14.8 Å². The van der Waals surface area contributed by atoms with Gasteiger partial charge in [0.05, 0.1) is 12.3 Å². The van der Waals surface area contributed by atoms with Gasteiger partial charge in [0.2, 0.25) is 15.9 Å². The Morgan fingerprint density at radius 2 is 2.00 bits per heavy atom. The van der Waals surface area contributed by atoms with Gasteiger partial charge in [0.15, 0.2) is 0 Å². The lowest BCUT2D eigenvalue weighted by atomic mass is 10.4. The summed E-state index contributed by atoms with van der Waals surface area (Å²) in [6.45, 7) is 1.38. The van der Waals surface area contributed by atoms with E-state index in [0.29, 0.717) is 0 Å². The number of hydrogen-bond acceptors (Lipinski definition) is 3. The summed E-state index contributed by atoms with van der Waals surface area (Å²) in [6, 6.07) is -0.838. The number of carbonyl (C=O) groups excluding carboxylic acids is 1. The summed E-state index contributed by atoms with van der Waals surface area (Å²) >= 11 is 0. The smallest absolute Gasteiger partial charge is 0.235 e. The van der Waals surface area contributed by atoms with E-state index < -0.39 is 22.0 Å². The molecule has 0 bridgehead atoms. The summed E-state index contributed by atoms with van der Waals surface area (Å²) < 4.78 is 22.9. The van der Waals surface area contributed by atoms with E-state index in [2.05, 4.69) is 0 Å². The third-order valence-corrected chi connectivity index (χ3v) is 1.60. The Morgan fingerprint density at radius 3 is 2.10 bits per heavy atom. The second kappa shape index (κ2) is 2.98. The van der Waals surface area contributed by atoms with Gasteiger partial charge in [0.25, 0.3) is 0 Å². The van der Waals surface area contributed by atoms with Crippen LogP contribution in [0.5, 0.6) is 0 Å². The van der Waals surface area contributed by atoms with Crippen LogP contribution < -0.4 is 10.5 Å². The van der Waals surface area contributed by atoms with Crippen molar-refractivity contribution in [3.8, 4) is 0 Å². The molecule has 0 radical (unpaired) electrons. The Bertz CT molecular complexity index is 221. The predicted octanol–water partition coefficient (Wildman–Crippen LogP) is -1.59. The van der Waals surface area contributed by atoms with Crippen LogP contribution in [0.3, 0.4) is 0 Å². The number of primary amides is 1. The van der Waals surface area contributed by atoms with Crippen LogP contribution in [0.15, 0.2) is 0 Å². The molecular weight excluding hydrogens is 156 g/mol. The minimum Gasteiger partial charge on any atom is -0.368 e. The standard InChI is InChI=1S/C4H10N2O3S/c1-3(4(5)7)6-10(2,8)9/h3,6H,1-2H3,(H2,5,7). The Balaban J connectivity index is 4.06. The van der Waals surface area contributed by atoms with Crippen molar-refractivity contribution in [1.29, 1.82) is 0 Å². The Kier molecular flexibility index (Phi) is 2.79. The zero-order chi connectivity index (χ0) is 8.36. The van der Waals surface area contributed by atoms with Crippen molar-refractivity contribution in [3.05, 3.63) is 0 Å². The van der Waals surface area contributed by atoms with Gasteiger partial charge in [-0.25, -0.2) is 13.1 Å². The second-order valence-electron chi connectivity index (χ2n) is 2.01. The summed E-state index contributed by atoms with van der Waals surface area (Å²) in [5.41, 5.74) is 4.78. The minimum atomic E-state index is -3.32. The maximum absolute atomic E-state index is 10.4. The maximum atomic E-state index is 10.4. The minimum absolute atomic E-state index is 0.689. The fourth-order valence-corrected chi connectivity index (χ4v) is 1.14. The lowest BCUT2D eigenvalue weighted by Gasteiger charge is -2.05. The molecule has 5 nitrogen and oxygen atoms in total. The molecule has 0 heterocycles. The van der Waals surface area contributed by atoms with Gasteiger partial charge in [0, 0.05) is 0 Å². The van der Waals surface area contributed by atoms with Crippen LogP contribution in [0, 0.1) is 0 Å². The van der Waals surface area contributed by atoms with Crippen LogP contribution in [0.2, 0.25) is 0 Å². The van der Waals surface area contributed by atoms with Crippen LogP contribution >= 0.6 is 0 Å². The van der Waals surface area contributed by atoms with E-state index in [1.54, 1.807) is 0 Å². The maximum Gasteiger partial charge on any atom is 0.235 e. The third-order valence-electron chi connectivity index (χ3n) is 0.818. The van der Waals surface area contributed by atoms with Crippen LogP contribution in [0.1, 0.15) is 6.92 Å². The SMILES string of the molecule is CC(NS(C)(=O)=O)C(N)=O. The number of nitrogens with two attached hydrogens (primary N) is 1. The zero-order valence-corrected chi connectivity index (χ0v) is 6.60. The number of hydrogen-bond donors (Lipinski definition) is 2. The van der Waals surface area contributed by atoms with Crippen molar-refractivity contribution in [3.63, 3.8) is 0 Å². The van der Waals surface area contributed by atoms with E-state index >= 15 is 0 Å². The van der Waals surface area contributed by atoms with Gasteiger partial charge in [0.1, 0.15) is 0 Å². The van der Waals surface area contributed by atoms with Gasteiger partial charge in [-0.1, -0.05) is 0 Å². The molecule has 3 N–H and O–H groups in total. The molecule has 0 fully saturated rings. The highest BCUT2D eigenvalue weighted by atomic mass is 32.2. The van der Waals surface area contributed by atoms with Gasteiger partial charge in [-0.2, -0.15) is 0 Å². The molecule has 0 saturated carbocycles. The molecule has 0 aromatic heterocycles. The molecule has 0 saturated heterocycles. The molecule has 1 unspecified atom stereocenters. The summed E-state index contributed by atoms with van der Waals surface area (Å²) in [7, 11) is -3.32. The van der Waals surface area contributed by atoms with Gasteiger partial charge in [-0.3, -0.25) is 4.79 Å². The molecule has 6 heteroatoms. The van der Waals surface area contributed by atoms with E-state index in [1.165, 1.54) is 6.92 Å². The summed E-state index contributed by atoms with van der Waals surface area (Å²) in [6.07, 6.45) is 0.965. The molecule has 0 aliphatic heterocycles. The largest absolute Gasteiger partial charge is 0.368 e. The normalized spacial score (nSPS) is 14.6. The van der Waals surface area contributed by atoms with E-state index in [4.69, 9.17) is 5.73 Å². The molecule has 60 valence electrons. The lowest BCUT2D eigenvalue weighted by Crippen LogP contribution is -2.41. The van der Waals surface area contributed by atoms with Crippen LogP contribution in [0.25, 0.3) is 0 Å². The summed E-state index contributed by atoms with van der Waals surface area (Å²) in [5, 5.41) is 0. The van der Waals surface area contributed by atoms with Crippen molar-refractivity contribution in [2.24, 2.45) is 5.73 Å². The van der Waals surface area contributed by atoms with E-state index in [-0.39, 0.29) is 0 Å². The highest BCUT2D eigenvalue weighted by molar-refractivity contribution is 7.88. The monoisotopic (exact) mass is 166 g/mol. The average Bonchev–Trinajstić information content (AvgIpc) is 1.60. The van der Waals surface area contributed by atoms with Crippen molar-refractivity contribution < 1.29 is 13.2 Å². The van der Waals surface area contributed by atoms with Crippen LogP contribution in [-0.4, -0.2) is 26.6 Å². The lowest BCUT2D eigenvalue weighted by molar-refractivity contribution is -0.119. The molecular formula is C4H10N2O3S. The summed E-state index contributed by atoms with van der Waals surface area (Å²) in [5.74, 6) is -0.689. The number of rotatable bonds is 3. The molecule has 0 rings (SSSR count). The van der Waals surface area contributed by atoms with Crippen LogP contribution in [0.4, 0.5) is 0 Å². The van der Waals surface area contributed by atoms with Gasteiger partial charge in [-0.15, -0.1) is 0 Å².